The number of carbonyl (C=O) groups excluding carboxylic acids is 1. The number of ether oxygens (including phenoxy) is 2. The molecule has 0 spiro atoms. The van der Waals surface area contributed by atoms with Crippen molar-refractivity contribution in [2.45, 2.75) is 6.92 Å². The molecule has 0 unspecified atom stereocenters. The number of furan rings is 1. The molecule has 0 atom stereocenters. The summed E-state index contributed by atoms with van der Waals surface area (Å²) in [6.07, 6.45) is 0. The van der Waals surface area contributed by atoms with Crippen LogP contribution < -0.4 is 10.5 Å². The Morgan fingerprint density at radius 1 is 1.32 bits per heavy atom. The van der Waals surface area contributed by atoms with Crippen LogP contribution in [-0.4, -0.2) is 19.7 Å². The van der Waals surface area contributed by atoms with Gasteiger partial charge < -0.3 is 19.6 Å². The lowest BCUT2D eigenvalue weighted by Crippen LogP contribution is -1.98. The highest BCUT2D eigenvalue weighted by Crippen LogP contribution is 2.29. The highest BCUT2D eigenvalue weighted by atomic mass is 16.5. The Hall–Kier alpha value is -2.43. The first kappa shape index (κ1) is 13.0. The van der Waals surface area contributed by atoms with E-state index in [1.165, 1.54) is 7.11 Å². The van der Waals surface area contributed by atoms with Gasteiger partial charge in [0, 0.05) is 5.56 Å². The van der Waals surface area contributed by atoms with Crippen LogP contribution in [0.5, 0.6) is 5.75 Å². The van der Waals surface area contributed by atoms with Crippen LogP contribution in [0.25, 0.3) is 11.3 Å². The molecule has 0 bridgehead atoms. The van der Waals surface area contributed by atoms with Crippen LogP contribution in [0.15, 0.2) is 34.7 Å². The summed E-state index contributed by atoms with van der Waals surface area (Å²) in [5, 5.41) is 0. The molecule has 19 heavy (non-hydrogen) atoms. The maximum Gasteiger partial charge on any atom is 0.373 e. The zero-order valence-corrected chi connectivity index (χ0v) is 10.8. The van der Waals surface area contributed by atoms with Gasteiger partial charge in [-0.1, -0.05) is 0 Å². The minimum Gasteiger partial charge on any atom is -0.492 e. The maximum absolute atomic E-state index is 11.3. The third kappa shape index (κ3) is 2.70. The summed E-state index contributed by atoms with van der Waals surface area (Å²) >= 11 is 0. The molecular formula is C14H15NO4. The normalized spacial score (nSPS) is 10.2. The quantitative estimate of drug-likeness (QED) is 0.676. The molecule has 1 heterocycles. The van der Waals surface area contributed by atoms with Gasteiger partial charge in [0.15, 0.2) is 0 Å². The Bertz CT molecular complexity index is 589. The highest BCUT2D eigenvalue weighted by Gasteiger charge is 2.13. The van der Waals surface area contributed by atoms with Gasteiger partial charge in [0.2, 0.25) is 5.76 Å². The van der Waals surface area contributed by atoms with E-state index in [-0.39, 0.29) is 5.76 Å². The molecule has 100 valence electrons. The fourth-order valence-corrected chi connectivity index (χ4v) is 1.69. The first-order valence-electron chi connectivity index (χ1n) is 5.86. The summed E-state index contributed by atoms with van der Waals surface area (Å²) in [5.41, 5.74) is 7.18. The molecule has 1 aromatic heterocycles. The lowest BCUT2D eigenvalue weighted by Gasteiger charge is -2.07. The van der Waals surface area contributed by atoms with Crippen molar-refractivity contribution in [3.8, 4) is 17.1 Å². The molecule has 5 heteroatoms. The molecule has 2 aromatic rings. The molecule has 2 rings (SSSR count). The summed E-state index contributed by atoms with van der Waals surface area (Å²) in [6, 6.07) is 8.59. The van der Waals surface area contributed by atoms with Crippen molar-refractivity contribution in [1.29, 1.82) is 0 Å². The Morgan fingerprint density at radius 2 is 2.11 bits per heavy atom. The average Bonchev–Trinajstić information content (AvgIpc) is 2.90. The molecule has 0 saturated heterocycles. The van der Waals surface area contributed by atoms with Crippen LogP contribution >= 0.6 is 0 Å². The third-order valence-corrected chi connectivity index (χ3v) is 2.59. The van der Waals surface area contributed by atoms with E-state index in [0.717, 1.165) is 5.56 Å². The van der Waals surface area contributed by atoms with Gasteiger partial charge in [-0.3, -0.25) is 0 Å². The number of hydrogen-bond donors (Lipinski definition) is 1. The standard InChI is InChI=1S/C14H15NO4/c1-3-18-12-5-4-9(8-10(12)15)11-6-7-13(19-11)14(16)17-2/h4-8H,3,15H2,1-2H3. The zero-order chi connectivity index (χ0) is 13.8. The lowest BCUT2D eigenvalue weighted by atomic mass is 10.1. The first-order valence-corrected chi connectivity index (χ1v) is 5.86. The summed E-state index contributed by atoms with van der Waals surface area (Å²) < 4.78 is 15.3. The SMILES string of the molecule is CCOc1ccc(-c2ccc(C(=O)OC)o2)cc1N. The number of nitrogens with two attached hydrogens (primary N) is 1. The predicted molar refractivity (Wildman–Crippen MR) is 71.1 cm³/mol. The van der Waals surface area contributed by atoms with E-state index in [4.69, 9.17) is 14.9 Å². The zero-order valence-electron chi connectivity index (χ0n) is 10.8. The fraction of sp³-hybridized carbons (Fsp3) is 0.214. The molecule has 0 aliphatic rings. The Kier molecular flexibility index (Phi) is 3.75. The second kappa shape index (κ2) is 5.48. The fourth-order valence-electron chi connectivity index (χ4n) is 1.69. The van der Waals surface area contributed by atoms with Crippen LogP contribution in [0, 0.1) is 0 Å². The van der Waals surface area contributed by atoms with Crippen molar-refractivity contribution < 1.29 is 18.7 Å². The average molecular weight is 261 g/mol. The van der Waals surface area contributed by atoms with Gasteiger partial charge >= 0.3 is 5.97 Å². The van der Waals surface area contributed by atoms with Crippen LogP contribution in [0.3, 0.4) is 0 Å². The Morgan fingerprint density at radius 3 is 2.74 bits per heavy atom. The van der Waals surface area contributed by atoms with Crippen molar-refractivity contribution in [2.24, 2.45) is 0 Å². The van der Waals surface area contributed by atoms with E-state index in [2.05, 4.69) is 4.74 Å². The molecule has 0 fully saturated rings. The van der Waals surface area contributed by atoms with Gasteiger partial charge in [0.05, 0.1) is 19.4 Å². The van der Waals surface area contributed by atoms with Gasteiger partial charge in [0.1, 0.15) is 11.5 Å². The molecule has 0 aliphatic heterocycles. The molecule has 2 N–H and O–H groups in total. The molecule has 1 aromatic carbocycles. The number of carbonyl (C=O) groups is 1. The van der Waals surface area contributed by atoms with Crippen LogP contribution in [0.4, 0.5) is 5.69 Å². The van der Waals surface area contributed by atoms with Crippen molar-refractivity contribution in [2.75, 3.05) is 19.5 Å². The minimum absolute atomic E-state index is 0.157. The van der Waals surface area contributed by atoms with Crippen LogP contribution in [-0.2, 0) is 4.74 Å². The highest BCUT2D eigenvalue weighted by molar-refractivity contribution is 5.87. The maximum atomic E-state index is 11.3. The third-order valence-electron chi connectivity index (χ3n) is 2.59. The number of methoxy groups -OCH3 is 1. The van der Waals surface area contributed by atoms with Gasteiger partial charge in [-0.25, -0.2) is 4.79 Å². The summed E-state index contributed by atoms with van der Waals surface area (Å²) in [7, 11) is 1.30. The predicted octanol–water partition coefficient (Wildman–Crippen LogP) is 2.71. The monoisotopic (exact) mass is 261 g/mol. The van der Waals surface area contributed by atoms with E-state index in [1.54, 1.807) is 24.3 Å². The van der Waals surface area contributed by atoms with Crippen molar-refractivity contribution >= 4 is 11.7 Å². The molecule has 0 aliphatic carbocycles. The van der Waals surface area contributed by atoms with Crippen molar-refractivity contribution in [1.82, 2.24) is 0 Å². The van der Waals surface area contributed by atoms with E-state index in [1.807, 2.05) is 13.0 Å². The number of rotatable bonds is 4. The summed E-state index contributed by atoms with van der Waals surface area (Å²) in [5.74, 6) is 0.830. The van der Waals surface area contributed by atoms with Crippen LogP contribution in [0.2, 0.25) is 0 Å². The van der Waals surface area contributed by atoms with E-state index in [9.17, 15) is 4.79 Å². The number of hydrogen-bond acceptors (Lipinski definition) is 5. The Labute approximate surface area is 110 Å². The molecular weight excluding hydrogens is 246 g/mol. The number of anilines is 1. The molecule has 0 saturated carbocycles. The number of esters is 1. The van der Waals surface area contributed by atoms with E-state index >= 15 is 0 Å². The largest absolute Gasteiger partial charge is 0.492 e. The number of nitrogen functional groups attached to an aromatic ring is 1. The second-order valence-corrected chi connectivity index (χ2v) is 3.84. The van der Waals surface area contributed by atoms with Gasteiger partial charge in [-0.2, -0.15) is 0 Å². The van der Waals surface area contributed by atoms with E-state index < -0.39 is 5.97 Å². The first-order chi connectivity index (χ1) is 9.15. The summed E-state index contributed by atoms with van der Waals surface area (Å²) in [6.45, 7) is 2.44. The van der Waals surface area contributed by atoms with Gasteiger partial charge in [-0.05, 0) is 37.3 Å². The molecule has 0 radical (unpaired) electrons. The lowest BCUT2D eigenvalue weighted by molar-refractivity contribution is 0.0566. The van der Waals surface area contributed by atoms with Crippen molar-refractivity contribution in [3.63, 3.8) is 0 Å². The van der Waals surface area contributed by atoms with Crippen LogP contribution in [0.1, 0.15) is 17.5 Å². The molecule has 0 amide bonds. The minimum atomic E-state index is -0.509. The Balaban J connectivity index is 2.29. The number of benzene rings is 1. The molecule has 5 nitrogen and oxygen atoms in total. The topological polar surface area (TPSA) is 74.7 Å². The van der Waals surface area contributed by atoms with Crippen molar-refractivity contribution in [3.05, 3.63) is 36.1 Å². The van der Waals surface area contributed by atoms with Gasteiger partial charge in [0.25, 0.3) is 0 Å². The smallest absolute Gasteiger partial charge is 0.373 e. The second-order valence-electron chi connectivity index (χ2n) is 3.84. The van der Waals surface area contributed by atoms with E-state index in [0.29, 0.717) is 23.8 Å². The summed E-state index contributed by atoms with van der Waals surface area (Å²) in [4.78, 5) is 11.3. The van der Waals surface area contributed by atoms with Gasteiger partial charge in [-0.15, -0.1) is 0 Å².